The molecule has 9 atom stereocenters. The molecule has 0 heterocycles. The Balaban J connectivity index is 1.43. The summed E-state index contributed by atoms with van der Waals surface area (Å²) in [4.78, 5) is 12.8. The van der Waals surface area contributed by atoms with Crippen molar-refractivity contribution in [1.82, 2.24) is 0 Å². The molecule has 0 aromatic carbocycles. The lowest BCUT2D eigenvalue weighted by Crippen LogP contribution is -2.50. The average molecular weight is 566 g/mol. The topological polar surface area (TPSA) is 17.1 Å². The van der Waals surface area contributed by atoms with Gasteiger partial charge in [-0.2, -0.15) is 0 Å². The molecule has 0 spiro atoms. The highest BCUT2D eigenvalue weighted by Gasteiger charge is 2.59. The van der Waals surface area contributed by atoms with E-state index in [1.54, 1.807) is 17.3 Å². The zero-order valence-electron chi connectivity index (χ0n) is 23.7. The highest BCUT2D eigenvalue weighted by Crippen LogP contribution is 2.67. The average Bonchev–Trinajstić information content (AvgIpc) is 3.15. The van der Waals surface area contributed by atoms with Gasteiger partial charge in [0.05, 0.1) is 4.83 Å². The molecule has 3 fully saturated rings. The monoisotopic (exact) mass is 564 g/mol. The van der Waals surface area contributed by atoms with Crippen molar-refractivity contribution in [2.75, 3.05) is 0 Å². The van der Waals surface area contributed by atoms with E-state index in [9.17, 15) is 4.79 Å². The summed E-state index contributed by atoms with van der Waals surface area (Å²) in [5, 5.41) is 0.824. The second-order valence-electron chi connectivity index (χ2n) is 14.2. The van der Waals surface area contributed by atoms with Crippen molar-refractivity contribution < 1.29 is 4.79 Å². The van der Waals surface area contributed by atoms with Gasteiger partial charge in [-0.15, -0.1) is 0 Å². The molecule has 3 heteroatoms. The summed E-state index contributed by atoms with van der Waals surface area (Å²) in [5.74, 6) is 5.74. The van der Waals surface area contributed by atoms with Crippen molar-refractivity contribution in [2.24, 2.45) is 52.3 Å². The molecule has 0 radical (unpaired) electrons. The first-order valence-electron chi connectivity index (χ1n) is 15.0. The van der Waals surface area contributed by atoms with Crippen molar-refractivity contribution in [3.8, 4) is 0 Å². The van der Waals surface area contributed by atoms with Crippen molar-refractivity contribution in [3.63, 3.8) is 0 Å². The van der Waals surface area contributed by atoms with Gasteiger partial charge in [0.25, 0.3) is 0 Å². The smallest absolute Gasteiger partial charge is 0.203 e. The zero-order chi connectivity index (χ0) is 25.5. The summed E-state index contributed by atoms with van der Waals surface area (Å²) in [6.45, 7) is 16.9. The molecule has 0 aromatic heterocycles. The summed E-state index contributed by atoms with van der Waals surface area (Å²) in [5.41, 5.74) is 2.67. The number of rotatable bonds is 8. The summed E-state index contributed by atoms with van der Waals surface area (Å²) >= 11 is 5.28. The van der Waals surface area contributed by atoms with Gasteiger partial charge < -0.3 is 0 Å². The molecule has 0 N–H and O–H groups in total. The highest BCUT2D eigenvalue weighted by molar-refractivity contribution is 9.10. The number of hydrogen-bond acceptors (Lipinski definition) is 2. The minimum atomic E-state index is -0.00961. The first-order chi connectivity index (χ1) is 16.5. The molecule has 0 bridgehead atoms. The van der Waals surface area contributed by atoms with Crippen LogP contribution in [0.1, 0.15) is 119 Å². The van der Waals surface area contributed by atoms with Crippen molar-refractivity contribution in [2.45, 2.75) is 129 Å². The first-order valence-corrected chi connectivity index (χ1v) is 16.8. The standard InChI is InChI=1S/C32H53BrOS/c1-20(2)9-8-10-22(5)26-13-14-27-25-12-11-23-19-24(35-30(34)29(33)21(3)4)15-17-31(23,6)28(25)16-18-32(26,27)7/h11,20-22,24-29H,8-10,12-19H2,1-7H3/t22-,24-,25+,26-,27-,28+,29+,31-,32+/m0/s1. The quantitative estimate of drug-likeness (QED) is 0.215. The van der Waals surface area contributed by atoms with E-state index in [2.05, 4.69) is 70.5 Å². The van der Waals surface area contributed by atoms with Crippen LogP contribution in [-0.4, -0.2) is 15.2 Å². The predicted molar refractivity (Wildman–Crippen MR) is 157 cm³/mol. The molecule has 0 unspecified atom stereocenters. The fourth-order valence-electron chi connectivity index (χ4n) is 9.25. The number of halogens is 1. The number of thioether (sulfide) groups is 1. The minimum absolute atomic E-state index is 0.00961. The van der Waals surface area contributed by atoms with Crippen molar-refractivity contribution in [1.29, 1.82) is 0 Å². The van der Waals surface area contributed by atoms with E-state index in [0.29, 0.717) is 27.1 Å². The summed E-state index contributed by atoms with van der Waals surface area (Å²) in [6.07, 6.45) is 17.7. The van der Waals surface area contributed by atoms with E-state index in [4.69, 9.17) is 0 Å². The Hall–Kier alpha value is 0.240. The maximum absolute atomic E-state index is 12.8. The zero-order valence-corrected chi connectivity index (χ0v) is 26.1. The van der Waals surface area contributed by atoms with Gasteiger partial charge in [-0.05, 0) is 104 Å². The molecular formula is C32H53BrOS. The van der Waals surface area contributed by atoms with Gasteiger partial charge in [-0.1, -0.05) is 107 Å². The van der Waals surface area contributed by atoms with Crippen LogP contribution >= 0.6 is 27.7 Å². The van der Waals surface area contributed by atoms with Crippen LogP contribution in [-0.2, 0) is 4.79 Å². The van der Waals surface area contributed by atoms with Gasteiger partial charge in [0.2, 0.25) is 5.12 Å². The maximum Gasteiger partial charge on any atom is 0.203 e. The maximum atomic E-state index is 12.8. The Kier molecular flexibility index (Phi) is 9.00. The number of allylic oxidation sites excluding steroid dienone is 2. The van der Waals surface area contributed by atoms with Crippen LogP contribution in [0.3, 0.4) is 0 Å². The molecule has 0 aromatic rings. The second-order valence-corrected chi connectivity index (χ2v) is 16.5. The molecule has 1 nitrogen and oxygen atoms in total. The van der Waals surface area contributed by atoms with E-state index >= 15 is 0 Å². The lowest BCUT2D eigenvalue weighted by Gasteiger charge is -2.58. The molecule has 0 aliphatic heterocycles. The van der Waals surface area contributed by atoms with Crippen LogP contribution in [0.25, 0.3) is 0 Å². The lowest BCUT2D eigenvalue weighted by molar-refractivity contribution is -0.111. The van der Waals surface area contributed by atoms with Gasteiger partial charge in [0, 0.05) is 5.25 Å². The van der Waals surface area contributed by atoms with Gasteiger partial charge in [0.15, 0.2) is 0 Å². The van der Waals surface area contributed by atoms with Crippen LogP contribution in [0.5, 0.6) is 0 Å². The molecule has 4 rings (SSSR count). The van der Waals surface area contributed by atoms with E-state index in [0.717, 1.165) is 41.9 Å². The fraction of sp³-hybridized carbons (Fsp3) is 0.906. The van der Waals surface area contributed by atoms with Gasteiger partial charge in [-0.3, -0.25) is 4.79 Å². The molecule has 3 saturated carbocycles. The third kappa shape index (κ3) is 5.53. The van der Waals surface area contributed by atoms with E-state index in [-0.39, 0.29) is 4.83 Å². The molecule has 4 aliphatic rings. The summed E-state index contributed by atoms with van der Waals surface area (Å²) < 4.78 is 0. The highest BCUT2D eigenvalue weighted by atomic mass is 79.9. The molecule has 4 aliphatic carbocycles. The number of hydrogen-bond donors (Lipinski definition) is 0. The number of fused-ring (bicyclic) bond motifs is 5. The molecule has 0 amide bonds. The van der Waals surface area contributed by atoms with Crippen molar-refractivity contribution in [3.05, 3.63) is 11.6 Å². The van der Waals surface area contributed by atoms with Gasteiger partial charge in [-0.25, -0.2) is 0 Å². The lowest BCUT2D eigenvalue weighted by atomic mass is 9.47. The Morgan fingerprint density at radius 2 is 1.77 bits per heavy atom. The Bertz CT molecular complexity index is 788. The number of alkyl halides is 1. The number of carbonyl (C=O) groups excluding carboxylic acids is 1. The Morgan fingerprint density at radius 3 is 2.46 bits per heavy atom. The Morgan fingerprint density at radius 1 is 1.03 bits per heavy atom. The summed E-state index contributed by atoms with van der Waals surface area (Å²) in [6, 6.07) is 0. The molecule has 0 saturated heterocycles. The third-order valence-electron chi connectivity index (χ3n) is 11.4. The minimum Gasteiger partial charge on any atom is -0.286 e. The van der Waals surface area contributed by atoms with Gasteiger partial charge >= 0.3 is 0 Å². The molecular weight excluding hydrogens is 512 g/mol. The van der Waals surface area contributed by atoms with Crippen LogP contribution in [0.4, 0.5) is 0 Å². The Labute approximate surface area is 229 Å². The molecule has 35 heavy (non-hydrogen) atoms. The third-order valence-corrected chi connectivity index (χ3v) is 14.4. The van der Waals surface area contributed by atoms with E-state index < -0.39 is 0 Å². The fourth-order valence-corrected chi connectivity index (χ4v) is 10.8. The van der Waals surface area contributed by atoms with Gasteiger partial charge in [0.1, 0.15) is 0 Å². The molecule has 200 valence electrons. The van der Waals surface area contributed by atoms with E-state index in [1.807, 2.05) is 0 Å². The second kappa shape index (κ2) is 11.2. The largest absolute Gasteiger partial charge is 0.286 e. The van der Waals surface area contributed by atoms with E-state index in [1.165, 1.54) is 64.2 Å². The SMILES string of the molecule is CC(C)CCC[C@H](C)[C@@H]1CC[C@H]2[C@H]3CC=C4C[C@@H](SC(=O)[C@H](Br)C(C)C)CC[C@]4(C)[C@@H]3CC[C@@]21C. The van der Waals surface area contributed by atoms with Crippen LogP contribution in [0, 0.1) is 52.3 Å². The predicted octanol–water partition coefficient (Wildman–Crippen LogP) is 10.1. The van der Waals surface area contributed by atoms with Crippen molar-refractivity contribution >= 4 is 32.8 Å². The number of carbonyl (C=O) groups is 1. The summed E-state index contributed by atoms with van der Waals surface area (Å²) in [7, 11) is 0. The van der Waals surface area contributed by atoms with Crippen LogP contribution < -0.4 is 0 Å². The van der Waals surface area contributed by atoms with Crippen LogP contribution in [0.15, 0.2) is 11.6 Å². The van der Waals surface area contributed by atoms with Crippen LogP contribution in [0.2, 0.25) is 0 Å². The first kappa shape index (κ1) is 28.3. The normalized spacial score (nSPS) is 40.6.